The van der Waals surface area contributed by atoms with Crippen LogP contribution in [0.3, 0.4) is 0 Å². The van der Waals surface area contributed by atoms with Crippen LogP contribution in [0.4, 0.5) is 19.0 Å². The lowest BCUT2D eigenvalue weighted by Crippen LogP contribution is -2.11. The third kappa shape index (κ3) is 8.15. The summed E-state index contributed by atoms with van der Waals surface area (Å²) in [5.41, 5.74) is 1.30. The van der Waals surface area contributed by atoms with Crippen LogP contribution in [0.1, 0.15) is 37.0 Å². The van der Waals surface area contributed by atoms with Gasteiger partial charge < -0.3 is 14.8 Å². The normalized spacial score (nSPS) is 11.2. The molecule has 9 heteroatoms. The first-order chi connectivity index (χ1) is 14.7. The minimum atomic E-state index is -4.39. The van der Waals surface area contributed by atoms with E-state index in [1.54, 1.807) is 6.08 Å². The summed E-state index contributed by atoms with van der Waals surface area (Å²) in [5.74, 6) is 1.96. The van der Waals surface area contributed by atoms with Crippen molar-refractivity contribution in [1.82, 2.24) is 4.98 Å². The minimum absolute atomic E-state index is 0.159. The summed E-state index contributed by atoms with van der Waals surface area (Å²) < 4.78 is 49.6. The van der Waals surface area contributed by atoms with E-state index in [0.29, 0.717) is 25.4 Å². The van der Waals surface area contributed by atoms with Crippen LogP contribution in [-0.2, 0) is 19.0 Å². The summed E-state index contributed by atoms with van der Waals surface area (Å²) in [6.45, 7) is 5.34. The van der Waals surface area contributed by atoms with Crippen molar-refractivity contribution in [3.63, 3.8) is 0 Å². The number of nitrogens with zero attached hydrogens (tertiary/aromatic N) is 1. The summed E-state index contributed by atoms with van der Waals surface area (Å²) in [4.78, 5) is 3.79. The fraction of sp³-hybridized carbons (Fsp3) is 0.409. The summed E-state index contributed by atoms with van der Waals surface area (Å²) in [6.07, 6.45) is 0.219. The Bertz CT molecular complexity index is 843. The second-order valence-corrected chi connectivity index (χ2v) is 7.65. The maximum absolute atomic E-state index is 12.6. The molecule has 0 aliphatic carbocycles. The zero-order chi connectivity index (χ0) is 22.9. The number of pyridine rings is 1. The molecule has 0 bridgehead atoms. The first kappa shape index (κ1) is 25.1. The molecule has 0 fully saturated rings. The van der Waals surface area contributed by atoms with Gasteiger partial charge in [0, 0.05) is 12.7 Å². The topological polar surface area (TPSA) is 43.4 Å². The SMILES string of the molecule is CCc1cc(OCC=C(Cl)Cl)cc(CC)c1OCCCNc1ccc(C(F)(F)F)cn1. The van der Waals surface area contributed by atoms with Crippen molar-refractivity contribution in [2.45, 2.75) is 39.3 Å². The van der Waals surface area contributed by atoms with Crippen LogP contribution < -0.4 is 14.8 Å². The summed E-state index contributed by atoms with van der Waals surface area (Å²) in [5, 5.41) is 3.00. The molecule has 170 valence electrons. The molecule has 2 aromatic rings. The number of anilines is 1. The highest BCUT2D eigenvalue weighted by atomic mass is 35.5. The molecule has 0 saturated carbocycles. The number of aromatic nitrogens is 1. The maximum atomic E-state index is 12.6. The summed E-state index contributed by atoms with van der Waals surface area (Å²) >= 11 is 11.2. The molecule has 0 spiro atoms. The van der Waals surface area contributed by atoms with E-state index in [2.05, 4.69) is 10.3 Å². The van der Waals surface area contributed by atoms with E-state index in [0.717, 1.165) is 47.7 Å². The number of aryl methyl sites for hydroxylation is 2. The lowest BCUT2D eigenvalue weighted by Gasteiger charge is -2.17. The Labute approximate surface area is 190 Å². The van der Waals surface area contributed by atoms with Gasteiger partial charge in [0.1, 0.15) is 28.4 Å². The number of benzene rings is 1. The standard InChI is InChI=1S/C22H25Cl2F3N2O2/c1-3-15-12-18(30-11-8-19(23)24)13-16(4-2)21(15)31-10-5-9-28-20-7-6-17(14-29-20)22(25,26)27/h6-8,12-14H,3-5,9-11H2,1-2H3,(H,28,29). The molecule has 2 rings (SSSR count). The number of hydrogen-bond donors (Lipinski definition) is 1. The molecule has 0 aliphatic rings. The second kappa shape index (κ2) is 12.1. The number of alkyl halides is 3. The van der Waals surface area contributed by atoms with Gasteiger partial charge >= 0.3 is 6.18 Å². The van der Waals surface area contributed by atoms with Crippen molar-refractivity contribution in [2.24, 2.45) is 0 Å². The van der Waals surface area contributed by atoms with Crippen molar-refractivity contribution < 1.29 is 22.6 Å². The van der Waals surface area contributed by atoms with Gasteiger partial charge in [0.15, 0.2) is 0 Å². The van der Waals surface area contributed by atoms with E-state index in [1.807, 2.05) is 26.0 Å². The van der Waals surface area contributed by atoms with Gasteiger partial charge in [-0.25, -0.2) is 4.98 Å². The molecular formula is C22H25Cl2F3N2O2. The number of hydrogen-bond acceptors (Lipinski definition) is 4. The van der Waals surface area contributed by atoms with Gasteiger partial charge in [-0.15, -0.1) is 0 Å². The van der Waals surface area contributed by atoms with Crippen molar-refractivity contribution in [1.29, 1.82) is 0 Å². The van der Waals surface area contributed by atoms with Crippen molar-refractivity contribution in [3.8, 4) is 11.5 Å². The summed E-state index contributed by atoms with van der Waals surface area (Å²) in [6, 6.07) is 6.20. The zero-order valence-corrected chi connectivity index (χ0v) is 18.9. The molecule has 4 nitrogen and oxygen atoms in total. The average molecular weight is 477 g/mol. The van der Waals surface area contributed by atoms with Crippen LogP contribution in [0.5, 0.6) is 11.5 Å². The van der Waals surface area contributed by atoms with Gasteiger partial charge in [0.25, 0.3) is 0 Å². The van der Waals surface area contributed by atoms with E-state index in [-0.39, 0.29) is 11.1 Å². The van der Waals surface area contributed by atoms with Gasteiger partial charge in [-0.05, 0) is 60.7 Å². The minimum Gasteiger partial charge on any atom is -0.493 e. The molecule has 0 amide bonds. The van der Waals surface area contributed by atoms with Gasteiger partial charge in [0.05, 0.1) is 12.2 Å². The van der Waals surface area contributed by atoms with Crippen LogP contribution >= 0.6 is 23.2 Å². The predicted molar refractivity (Wildman–Crippen MR) is 118 cm³/mol. The molecular weight excluding hydrogens is 452 g/mol. The highest BCUT2D eigenvalue weighted by molar-refractivity contribution is 6.55. The molecule has 0 radical (unpaired) electrons. The molecule has 0 unspecified atom stereocenters. The molecule has 0 aliphatic heterocycles. The number of rotatable bonds is 11. The van der Waals surface area contributed by atoms with Crippen LogP contribution in [0.15, 0.2) is 41.0 Å². The summed E-state index contributed by atoms with van der Waals surface area (Å²) in [7, 11) is 0. The second-order valence-electron chi connectivity index (χ2n) is 6.64. The van der Waals surface area contributed by atoms with E-state index in [9.17, 15) is 13.2 Å². The van der Waals surface area contributed by atoms with Gasteiger partial charge in [-0.3, -0.25) is 0 Å². The fourth-order valence-corrected chi connectivity index (χ4v) is 2.97. The third-order valence-electron chi connectivity index (χ3n) is 4.43. The van der Waals surface area contributed by atoms with Gasteiger partial charge in [0.2, 0.25) is 0 Å². The Hall–Kier alpha value is -2.12. The molecule has 1 N–H and O–H groups in total. The molecule has 1 aromatic carbocycles. The monoisotopic (exact) mass is 476 g/mol. The smallest absolute Gasteiger partial charge is 0.417 e. The fourth-order valence-electron chi connectivity index (χ4n) is 2.85. The molecule has 0 saturated heterocycles. The van der Waals surface area contributed by atoms with E-state index >= 15 is 0 Å². The molecule has 1 aromatic heterocycles. The van der Waals surface area contributed by atoms with E-state index in [4.69, 9.17) is 32.7 Å². The third-order valence-corrected chi connectivity index (χ3v) is 4.74. The lowest BCUT2D eigenvalue weighted by molar-refractivity contribution is -0.137. The van der Waals surface area contributed by atoms with Crippen molar-refractivity contribution in [2.75, 3.05) is 25.1 Å². The van der Waals surface area contributed by atoms with Crippen LogP contribution in [-0.4, -0.2) is 24.7 Å². The largest absolute Gasteiger partial charge is 0.493 e. The Morgan fingerprint density at radius 3 is 2.29 bits per heavy atom. The first-order valence-electron chi connectivity index (χ1n) is 9.94. The number of nitrogens with one attached hydrogen (secondary N) is 1. The van der Waals surface area contributed by atoms with E-state index < -0.39 is 11.7 Å². The average Bonchev–Trinajstić information content (AvgIpc) is 2.73. The van der Waals surface area contributed by atoms with Crippen molar-refractivity contribution in [3.05, 3.63) is 57.7 Å². The number of halogens is 5. The number of ether oxygens (including phenoxy) is 2. The Kier molecular flexibility index (Phi) is 9.78. The Morgan fingerprint density at radius 2 is 1.77 bits per heavy atom. The first-order valence-corrected chi connectivity index (χ1v) is 10.7. The van der Waals surface area contributed by atoms with Crippen LogP contribution in [0, 0.1) is 0 Å². The maximum Gasteiger partial charge on any atom is 0.417 e. The quantitative estimate of drug-likeness (QED) is 0.362. The Morgan fingerprint density at radius 1 is 1.10 bits per heavy atom. The van der Waals surface area contributed by atoms with Crippen LogP contribution in [0.25, 0.3) is 0 Å². The molecule has 31 heavy (non-hydrogen) atoms. The molecule has 1 heterocycles. The van der Waals surface area contributed by atoms with Crippen molar-refractivity contribution >= 4 is 29.0 Å². The Balaban J connectivity index is 1.90. The van der Waals surface area contributed by atoms with E-state index in [1.165, 1.54) is 6.07 Å². The lowest BCUT2D eigenvalue weighted by atomic mass is 10.0. The highest BCUT2D eigenvalue weighted by Gasteiger charge is 2.30. The van der Waals surface area contributed by atoms with Gasteiger partial charge in [-0.1, -0.05) is 37.0 Å². The predicted octanol–water partition coefficient (Wildman–Crippen LogP) is 6.80. The molecule has 0 atom stereocenters. The van der Waals surface area contributed by atoms with Crippen LogP contribution in [0.2, 0.25) is 0 Å². The van der Waals surface area contributed by atoms with Gasteiger partial charge in [-0.2, -0.15) is 13.2 Å². The zero-order valence-electron chi connectivity index (χ0n) is 17.4. The highest BCUT2D eigenvalue weighted by Crippen LogP contribution is 2.31.